The highest BCUT2D eigenvalue weighted by molar-refractivity contribution is 5.95. The summed E-state index contributed by atoms with van der Waals surface area (Å²) in [5, 5.41) is 0. The Hall–Kier alpha value is -1.82. The zero-order chi connectivity index (χ0) is 13.4. The highest BCUT2D eigenvalue weighted by Gasteiger charge is 2.37. The molecule has 19 heavy (non-hydrogen) atoms. The fourth-order valence-electron chi connectivity index (χ4n) is 2.39. The van der Waals surface area contributed by atoms with Crippen molar-refractivity contribution in [2.24, 2.45) is 5.73 Å². The standard InChI is InChI=1S/C13H17N3O3/c14-7-10-3-4-11(19-10)13(18)15-5-6-16(9-1-2-9)12(17)8-15/h3-4,9H,1-2,5-8,14H2. The minimum atomic E-state index is -0.233. The first-order valence-electron chi connectivity index (χ1n) is 6.56. The van der Waals surface area contributed by atoms with E-state index >= 15 is 0 Å². The average Bonchev–Trinajstić information content (AvgIpc) is 3.14. The molecule has 1 aromatic heterocycles. The summed E-state index contributed by atoms with van der Waals surface area (Å²) in [6, 6.07) is 3.72. The van der Waals surface area contributed by atoms with Crippen molar-refractivity contribution in [2.75, 3.05) is 19.6 Å². The topological polar surface area (TPSA) is 79.8 Å². The van der Waals surface area contributed by atoms with E-state index in [2.05, 4.69) is 0 Å². The molecular formula is C13H17N3O3. The van der Waals surface area contributed by atoms with Crippen LogP contribution in [-0.2, 0) is 11.3 Å². The Bertz CT molecular complexity index is 507. The number of piperazine rings is 1. The summed E-state index contributed by atoms with van der Waals surface area (Å²) >= 11 is 0. The quantitative estimate of drug-likeness (QED) is 0.844. The Morgan fingerprint density at radius 3 is 2.74 bits per heavy atom. The van der Waals surface area contributed by atoms with Crippen molar-refractivity contribution >= 4 is 11.8 Å². The molecule has 0 unspecified atom stereocenters. The highest BCUT2D eigenvalue weighted by Crippen LogP contribution is 2.28. The molecule has 2 N–H and O–H groups in total. The molecule has 0 radical (unpaired) electrons. The Morgan fingerprint density at radius 1 is 1.37 bits per heavy atom. The molecule has 1 saturated heterocycles. The number of furan rings is 1. The van der Waals surface area contributed by atoms with Crippen LogP contribution in [0.15, 0.2) is 16.5 Å². The van der Waals surface area contributed by atoms with Crippen LogP contribution in [-0.4, -0.2) is 47.3 Å². The van der Waals surface area contributed by atoms with Gasteiger partial charge in [-0.25, -0.2) is 0 Å². The highest BCUT2D eigenvalue weighted by atomic mass is 16.4. The van der Waals surface area contributed by atoms with E-state index in [4.69, 9.17) is 10.2 Å². The fraction of sp³-hybridized carbons (Fsp3) is 0.538. The number of hydrogen-bond donors (Lipinski definition) is 1. The lowest BCUT2D eigenvalue weighted by atomic mass is 10.2. The van der Waals surface area contributed by atoms with Gasteiger partial charge in [0.05, 0.1) is 6.54 Å². The fourth-order valence-corrected chi connectivity index (χ4v) is 2.39. The molecule has 1 aliphatic carbocycles. The van der Waals surface area contributed by atoms with Crippen molar-refractivity contribution in [3.63, 3.8) is 0 Å². The Morgan fingerprint density at radius 2 is 2.16 bits per heavy atom. The van der Waals surface area contributed by atoms with Crippen molar-refractivity contribution in [3.05, 3.63) is 23.7 Å². The molecular weight excluding hydrogens is 246 g/mol. The van der Waals surface area contributed by atoms with Crippen molar-refractivity contribution in [2.45, 2.75) is 25.4 Å². The monoisotopic (exact) mass is 263 g/mol. The molecule has 1 aromatic rings. The van der Waals surface area contributed by atoms with Gasteiger partial charge in [0.25, 0.3) is 5.91 Å². The zero-order valence-electron chi connectivity index (χ0n) is 10.7. The maximum Gasteiger partial charge on any atom is 0.290 e. The molecule has 0 bridgehead atoms. The van der Waals surface area contributed by atoms with Gasteiger partial charge in [-0.2, -0.15) is 0 Å². The van der Waals surface area contributed by atoms with Crippen LogP contribution in [0.4, 0.5) is 0 Å². The summed E-state index contributed by atoms with van der Waals surface area (Å²) < 4.78 is 5.33. The molecule has 3 rings (SSSR count). The van der Waals surface area contributed by atoms with Crippen LogP contribution >= 0.6 is 0 Å². The van der Waals surface area contributed by atoms with Crippen LogP contribution in [0.25, 0.3) is 0 Å². The minimum absolute atomic E-state index is 0.0349. The van der Waals surface area contributed by atoms with Gasteiger partial charge in [-0.05, 0) is 25.0 Å². The van der Waals surface area contributed by atoms with Gasteiger partial charge in [0.15, 0.2) is 5.76 Å². The van der Waals surface area contributed by atoms with Gasteiger partial charge in [-0.1, -0.05) is 0 Å². The predicted molar refractivity (Wildman–Crippen MR) is 67.2 cm³/mol. The molecule has 2 fully saturated rings. The first-order chi connectivity index (χ1) is 9.19. The summed E-state index contributed by atoms with van der Waals surface area (Å²) in [7, 11) is 0. The number of hydrogen-bond acceptors (Lipinski definition) is 4. The number of amides is 2. The third-order valence-corrected chi connectivity index (χ3v) is 3.61. The van der Waals surface area contributed by atoms with E-state index < -0.39 is 0 Å². The average molecular weight is 263 g/mol. The second kappa shape index (κ2) is 4.70. The molecule has 0 aromatic carbocycles. The van der Waals surface area contributed by atoms with Gasteiger partial charge in [-0.3, -0.25) is 9.59 Å². The number of carbonyl (C=O) groups excluding carboxylic acids is 2. The van der Waals surface area contributed by atoms with Crippen LogP contribution in [0, 0.1) is 0 Å². The maximum absolute atomic E-state index is 12.2. The predicted octanol–water partition coefficient (Wildman–Crippen LogP) is 0.185. The summed E-state index contributed by atoms with van der Waals surface area (Å²) in [5.41, 5.74) is 5.44. The summed E-state index contributed by atoms with van der Waals surface area (Å²) in [6.45, 7) is 1.61. The second-order valence-electron chi connectivity index (χ2n) is 5.02. The molecule has 2 amide bonds. The second-order valence-corrected chi connectivity index (χ2v) is 5.02. The zero-order valence-corrected chi connectivity index (χ0v) is 10.7. The van der Waals surface area contributed by atoms with E-state index in [1.807, 2.05) is 4.90 Å². The van der Waals surface area contributed by atoms with E-state index in [0.29, 0.717) is 24.9 Å². The number of rotatable bonds is 3. The van der Waals surface area contributed by atoms with E-state index in [9.17, 15) is 9.59 Å². The van der Waals surface area contributed by atoms with E-state index in [1.165, 1.54) is 0 Å². The first-order valence-corrected chi connectivity index (χ1v) is 6.56. The van der Waals surface area contributed by atoms with Gasteiger partial charge in [0.1, 0.15) is 12.3 Å². The molecule has 102 valence electrons. The smallest absolute Gasteiger partial charge is 0.290 e. The van der Waals surface area contributed by atoms with E-state index in [1.54, 1.807) is 17.0 Å². The van der Waals surface area contributed by atoms with E-state index in [-0.39, 0.29) is 30.7 Å². The molecule has 6 heteroatoms. The Balaban J connectivity index is 1.66. The maximum atomic E-state index is 12.2. The number of nitrogens with two attached hydrogens (primary N) is 1. The lowest BCUT2D eigenvalue weighted by Gasteiger charge is -2.34. The first kappa shape index (κ1) is 12.2. The Kier molecular flexibility index (Phi) is 3.02. The van der Waals surface area contributed by atoms with Crippen LogP contribution < -0.4 is 5.73 Å². The van der Waals surface area contributed by atoms with Crippen LogP contribution in [0.1, 0.15) is 29.2 Å². The number of nitrogens with zero attached hydrogens (tertiary/aromatic N) is 2. The normalized spacial score (nSPS) is 19.9. The molecule has 2 aliphatic rings. The van der Waals surface area contributed by atoms with Gasteiger partial charge in [0, 0.05) is 19.1 Å². The van der Waals surface area contributed by atoms with Crippen molar-refractivity contribution in [1.82, 2.24) is 9.80 Å². The van der Waals surface area contributed by atoms with Gasteiger partial charge in [0.2, 0.25) is 5.91 Å². The minimum Gasteiger partial charge on any atom is -0.455 e. The molecule has 0 atom stereocenters. The van der Waals surface area contributed by atoms with Gasteiger partial charge in [-0.15, -0.1) is 0 Å². The molecule has 2 heterocycles. The molecule has 1 saturated carbocycles. The summed E-state index contributed by atoms with van der Waals surface area (Å²) in [5.74, 6) is 0.635. The van der Waals surface area contributed by atoms with Crippen LogP contribution in [0.2, 0.25) is 0 Å². The van der Waals surface area contributed by atoms with Gasteiger partial charge >= 0.3 is 0 Å². The largest absolute Gasteiger partial charge is 0.455 e. The Labute approximate surface area is 111 Å². The third kappa shape index (κ3) is 2.35. The summed E-state index contributed by atoms with van der Waals surface area (Å²) in [6.07, 6.45) is 2.19. The summed E-state index contributed by atoms with van der Waals surface area (Å²) in [4.78, 5) is 27.6. The third-order valence-electron chi connectivity index (χ3n) is 3.61. The van der Waals surface area contributed by atoms with Crippen molar-refractivity contribution < 1.29 is 14.0 Å². The molecule has 1 aliphatic heterocycles. The number of carbonyl (C=O) groups is 2. The van der Waals surface area contributed by atoms with Crippen LogP contribution in [0.3, 0.4) is 0 Å². The van der Waals surface area contributed by atoms with Crippen molar-refractivity contribution in [3.8, 4) is 0 Å². The van der Waals surface area contributed by atoms with Crippen molar-refractivity contribution in [1.29, 1.82) is 0 Å². The lowest BCUT2D eigenvalue weighted by molar-refractivity contribution is -0.135. The lowest BCUT2D eigenvalue weighted by Crippen LogP contribution is -2.52. The van der Waals surface area contributed by atoms with E-state index in [0.717, 1.165) is 12.8 Å². The van der Waals surface area contributed by atoms with Gasteiger partial charge < -0.3 is 20.0 Å². The van der Waals surface area contributed by atoms with Crippen LogP contribution in [0.5, 0.6) is 0 Å². The molecule has 0 spiro atoms. The molecule has 6 nitrogen and oxygen atoms in total. The SMILES string of the molecule is NCc1ccc(C(=O)N2CCN(C3CC3)C(=O)C2)o1.